The molecule has 1 saturated carbocycles. The predicted octanol–water partition coefficient (Wildman–Crippen LogP) is 2.23. The van der Waals surface area contributed by atoms with Crippen molar-refractivity contribution in [1.82, 2.24) is 4.98 Å². The lowest BCUT2D eigenvalue weighted by atomic mass is 9.90. The first-order chi connectivity index (χ1) is 9.20. The molecule has 0 amide bonds. The van der Waals surface area contributed by atoms with Crippen molar-refractivity contribution < 1.29 is 9.66 Å². The number of pyridine rings is 1. The first-order valence-electron chi connectivity index (χ1n) is 6.45. The van der Waals surface area contributed by atoms with Crippen LogP contribution < -0.4 is 16.0 Å². The third kappa shape index (κ3) is 3.54. The summed E-state index contributed by atoms with van der Waals surface area (Å²) in [6.45, 7) is 0.474. The average molecular weight is 266 g/mol. The van der Waals surface area contributed by atoms with E-state index in [0.29, 0.717) is 18.3 Å². The number of nitro groups is 1. The number of hydrogen-bond donors (Lipinski definition) is 2. The Labute approximate surface area is 111 Å². The normalized spacial score (nSPS) is 16.1. The van der Waals surface area contributed by atoms with Crippen molar-refractivity contribution in [3.8, 4) is 5.88 Å². The zero-order valence-electron chi connectivity index (χ0n) is 10.7. The van der Waals surface area contributed by atoms with E-state index < -0.39 is 4.92 Å². The van der Waals surface area contributed by atoms with Gasteiger partial charge < -0.3 is 10.2 Å². The molecule has 3 N–H and O–H groups in total. The Bertz CT molecular complexity index is 447. The van der Waals surface area contributed by atoms with Gasteiger partial charge in [-0.2, -0.15) is 4.98 Å². The van der Waals surface area contributed by atoms with E-state index in [1.807, 2.05) is 0 Å². The van der Waals surface area contributed by atoms with E-state index in [1.165, 1.54) is 31.4 Å². The summed E-state index contributed by atoms with van der Waals surface area (Å²) in [5.41, 5.74) is 2.23. The van der Waals surface area contributed by atoms with Crippen LogP contribution >= 0.6 is 0 Å². The predicted molar refractivity (Wildman–Crippen MR) is 70.8 cm³/mol. The van der Waals surface area contributed by atoms with Crippen molar-refractivity contribution in [2.45, 2.75) is 32.1 Å². The highest BCUT2D eigenvalue weighted by molar-refractivity contribution is 5.48. The third-order valence-corrected chi connectivity index (χ3v) is 3.37. The van der Waals surface area contributed by atoms with Gasteiger partial charge in [-0.05, 0) is 24.8 Å². The van der Waals surface area contributed by atoms with E-state index in [4.69, 9.17) is 10.6 Å². The van der Waals surface area contributed by atoms with Crippen molar-refractivity contribution >= 4 is 11.5 Å². The second kappa shape index (κ2) is 6.33. The molecule has 2 rings (SSSR count). The molecule has 0 bridgehead atoms. The number of anilines is 1. The Morgan fingerprint density at radius 1 is 1.42 bits per heavy atom. The first kappa shape index (κ1) is 13.5. The van der Waals surface area contributed by atoms with Crippen LogP contribution in [0.2, 0.25) is 0 Å². The number of nitrogens with two attached hydrogens (primary N) is 1. The quantitative estimate of drug-likeness (QED) is 0.481. The summed E-state index contributed by atoms with van der Waals surface area (Å²) >= 11 is 0. The van der Waals surface area contributed by atoms with Crippen LogP contribution in [0.25, 0.3) is 0 Å². The van der Waals surface area contributed by atoms with Crippen molar-refractivity contribution in [3.05, 3.63) is 22.2 Å². The molecule has 0 saturated heterocycles. The van der Waals surface area contributed by atoms with Gasteiger partial charge in [-0.3, -0.25) is 10.1 Å². The zero-order chi connectivity index (χ0) is 13.7. The molecule has 104 valence electrons. The number of nitrogens with one attached hydrogen (secondary N) is 1. The van der Waals surface area contributed by atoms with Crippen LogP contribution in [0.3, 0.4) is 0 Å². The maximum absolute atomic E-state index is 10.9. The van der Waals surface area contributed by atoms with Gasteiger partial charge in [-0.1, -0.05) is 19.3 Å². The van der Waals surface area contributed by atoms with E-state index in [2.05, 4.69) is 10.4 Å². The number of rotatable bonds is 5. The second-order valence-corrected chi connectivity index (χ2v) is 4.74. The summed E-state index contributed by atoms with van der Waals surface area (Å²) in [5.74, 6) is 6.09. The molecule has 1 aliphatic carbocycles. The Hall–Kier alpha value is -1.89. The van der Waals surface area contributed by atoms with Gasteiger partial charge in [-0.15, -0.1) is 0 Å². The van der Waals surface area contributed by atoms with Crippen LogP contribution in [0.15, 0.2) is 12.1 Å². The summed E-state index contributed by atoms with van der Waals surface area (Å²) in [6.07, 6.45) is 5.90. The van der Waals surface area contributed by atoms with Gasteiger partial charge in [0.15, 0.2) is 0 Å². The fourth-order valence-electron chi connectivity index (χ4n) is 2.31. The summed E-state index contributed by atoms with van der Waals surface area (Å²) < 4.78 is 5.53. The summed E-state index contributed by atoms with van der Waals surface area (Å²) in [7, 11) is 0. The molecule has 0 aromatic carbocycles. The lowest BCUT2D eigenvalue weighted by molar-refractivity contribution is -0.386. The van der Waals surface area contributed by atoms with Crippen LogP contribution in [-0.4, -0.2) is 16.5 Å². The van der Waals surface area contributed by atoms with Gasteiger partial charge in [0.1, 0.15) is 5.82 Å². The Morgan fingerprint density at radius 2 is 2.16 bits per heavy atom. The van der Waals surface area contributed by atoms with Crippen molar-refractivity contribution in [1.29, 1.82) is 0 Å². The maximum atomic E-state index is 10.9. The van der Waals surface area contributed by atoms with Crippen LogP contribution in [-0.2, 0) is 0 Å². The summed E-state index contributed by atoms with van der Waals surface area (Å²) in [5, 5.41) is 10.9. The smallest absolute Gasteiger partial charge is 0.331 e. The third-order valence-electron chi connectivity index (χ3n) is 3.37. The molecule has 0 radical (unpaired) electrons. The molecule has 0 spiro atoms. The standard InChI is InChI=1S/C12H18N4O3/c13-15-11-7-6-10(16(17)18)12(14-11)19-8-9-4-2-1-3-5-9/h6-7,9H,1-5,8,13H2,(H,14,15). The van der Waals surface area contributed by atoms with E-state index in [0.717, 1.165) is 12.8 Å². The van der Waals surface area contributed by atoms with Crippen molar-refractivity contribution in [3.63, 3.8) is 0 Å². The van der Waals surface area contributed by atoms with Crippen molar-refractivity contribution in [2.24, 2.45) is 11.8 Å². The number of ether oxygens (including phenoxy) is 1. The topological polar surface area (TPSA) is 103 Å². The van der Waals surface area contributed by atoms with Crippen LogP contribution in [0.5, 0.6) is 5.88 Å². The van der Waals surface area contributed by atoms with E-state index in [9.17, 15) is 10.1 Å². The zero-order valence-corrected chi connectivity index (χ0v) is 10.7. The van der Waals surface area contributed by atoms with Crippen LogP contribution in [0.1, 0.15) is 32.1 Å². The molecule has 1 heterocycles. The highest BCUT2D eigenvalue weighted by atomic mass is 16.6. The molecule has 0 atom stereocenters. The molecular weight excluding hydrogens is 248 g/mol. The second-order valence-electron chi connectivity index (χ2n) is 4.74. The fourth-order valence-corrected chi connectivity index (χ4v) is 2.31. The molecule has 1 aromatic rings. The van der Waals surface area contributed by atoms with E-state index in [-0.39, 0.29) is 11.6 Å². The highest BCUT2D eigenvalue weighted by Gasteiger charge is 2.20. The number of nitrogen functional groups attached to an aromatic ring is 1. The molecule has 1 aliphatic rings. The molecule has 19 heavy (non-hydrogen) atoms. The van der Waals surface area contributed by atoms with Crippen LogP contribution in [0, 0.1) is 16.0 Å². The minimum Gasteiger partial charge on any atom is -0.472 e. The molecule has 0 unspecified atom stereocenters. The van der Waals surface area contributed by atoms with Gasteiger partial charge in [0, 0.05) is 6.07 Å². The maximum Gasteiger partial charge on any atom is 0.331 e. The van der Waals surface area contributed by atoms with Gasteiger partial charge >= 0.3 is 5.69 Å². The summed E-state index contributed by atoms with van der Waals surface area (Å²) in [4.78, 5) is 14.4. The van der Waals surface area contributed by atoms with Gasteiger partial charge in [-0.25, -0.2) is 5.84 Å². The largest absolute Gasteiger partial charge is 0.472 e. The SMILES string of the molecule is NNc1ccc([N+](=O)[O-])c(OCC2CCCCC2)n1. The molecule has 0 aliphatic heterocycles. The average Bonchev–Trinajstić information content (AvgIpc) is 2.45. The lowest BCUT2D eigenvalue weighted by Crippen LogP contribution is -2.17. The Balaban J connectivity index is 2.06. The molecular formula is C12H18N4O3. The minimum absolute atomic E-state index is 0.0334. The Morgan fingerprint density at radius 3 is 2.79 bits per heavy atom. The molecule has 7 nitrogen and oxygen atoms in total. The van der Waals surface area contributed by atoms with Gasteiger partial charge in [0.25, 0.3) is 5.88 Å². The number of hydrazine groups is 1. The van der Waals surface area contributed by atoms with Gasteiger partial charge in [0.2, 0.25) is 0 Å². The minimum atomic E-state index is -0.497. The van der Waals surface area contributed by atoms with Crippen LogP contribution in [0.4, 0.5) is 11.5 Å². The van der Waals surface area contributed by atoms with Gasteiger partial charge in [0.05, 0.1) is 11.5 Å². The first-order valence-corrected chi connectivity index (χ1v) is 6.45. The number of nitrogens with zero attached hydrogens (tertiary/aromatic N) is 2. The fraction of sp³-hybridized carbons (Fsp3) is 0.583. The molecule has 1 aromatic heterocycles. The van der Waals surface area contributed by atoms with Crippen molar-refractivity contribution in [2.75, 3.05) is 12.0 Å². The van der Waals surface area contributed by atoms with E-state index >= 15 is 0 Å². The monoisotopic (exact) mass is 266 g/mol. The number of aromatic nitrogens is 1. The van der Waals surface area contributed by atoms with E-state index in [1.54, 1.807) is 0 Å². The lowest BCUT2D eigenvalue weighted by Gasteiger charge is -2.21. The molecule has 1 fully saturated rings. The summed E-state index contributed by atoms with van der Waals surface area (Å²) in [6, 6.07) is 2.80. The Kier molecular flexibility index (Phi) is 4.51. The number of hydrogen-bond acceptors (Lipinski definition) is 6. The molecule has 7 heteroatoms. The highest BCUT2D eigenvalue weighted by Crippen LogP contribution is 2.29.